The molecule has 25 heavy (non-hydrogen) atoms. The molecule has 1 aliphatic carbocycles. The van der Waals surface area contributed by atoms with Crippen molar-refractivity contribution >= 4 is 28.5 Å². The molecule has 0 spiro atoms. The minimum absolute atomic E-state index is 0.323. The molecule has 1 aliphatic rings. The van der Waals surface area contributed by atoms with Crippen LogP contribution in [0.4, 0.5) is 17.5 Å². The molecule has 2 N–H and O–H groups in total. The Bertz CT molecular complexity index is 875. The molecule has 0 saturated heterocycles. The third-order valence-electron chi connectivity index (χ3n) is 5.03. The van der Waals surface area contributed by atoms with E-state index < -0.39 is 0 Å². The maximum Gasteiger partial charge on any atom is 0.231 e. The van der Waals surface area contributed by atoms with E-state index in [-0.39, 0.29) is 0 Å². The van der Waals surface area contributed by atoms with Crippen LogP contribution in [0.25, 0.3) is 11.0 Å². The predicted molar refractivity (Wildman–Crippen MR) is 100 cm³/mol. The summed E-state index contributed by atoms with van der Waals surface area (Å²) in [6.45, 7) is 6.48. The van der Waals surface area contributed by atoms with Gasteiger partial charge in [-0.05, 0) is 45.6 Å². The van der Waals surface area contributed by atoms with E-state index in [0.29, 0.717) is 18.0 Å². The SMILES string of the molecule is CC(C)n1cc(Nc2nc(N(C)[C@@H](C)C3CC3)c3cc[nH]c3n2)cn1. The van der Waals surface area contributed by atoms with Crippen LogP contribution in [-0.4, -0.2) is 37.8 Å². The van der Waals surface area contributed by atoms with Gasteiger partial charge in [-0.25, -0.2) is 0 Å². The molecule has 0 radical (unpaired) electrons. The Morgan fingerprint density at radius 3 is 2.76 bits per heavy atom. The molecule has 4 rings (SSSR count). The lowest BCUT2D eigenvalue weighted by atomic mass is 10.2. The van der Waals surface area contributed by atoms with Crippen molar-refractivity contribution in [2.24, 2.45) is 5.92 Å². The van der Waals surface area contributed by atoms with Crippen LogP contribution in [0, 0.1) is 5.92 Å². The maximum absolute atomic E-state index is 4.80. The van der Waals surface area contributed by atoms with E-state index in [9.17, 15) is 0 Å². The van der Waals surface area contributed by atoms with Gasteiger partial charge in [0.25, 0.3) is 0 Å². The molecular formula is C18H25N7. The molecule has 7 heteroatoms. The smallest absolute Gasteiger partial charge is 0.231 e. The second-order valence-corrected chi connectivity index (χ2v) is 7.23. The lowest BCUT2D eigenvalue weighted by Crippen LogP contribution is -2.31. The van der Waals surface area contributed by atoms with Gasteiger partial charge in [0.1, 0.15) is 11.5 Å². The van der Waals surface area contributed by atoms with Crippen LogP contribution in [0.3, 0.4) is 0 Å². The number of aromatic amines is 1. The quantitative estimate of drug-likeness (QED) is 0.716. The highest BCUT2D eigenvalue weighted by molar-refractivity contribution is 5.89. The van der Waals surface area contributed by atoms with Crippen molar-refractivity contribution in [1.29, 1.82) is 0 Å². The van der Waals surface area contributed by atoms with Gasteiger partial charge in [-0.15, -0.1) is 0 Å². The van der Waals surface area contributed by atoms with Crippen LogP contribution in [0.2, 0.25) is 0 Å². The van der Waals surface area contributed by atoms with Crippen LogP contribution < -0.4 is 10.2 Å². The molecule has 3 heterocycles. The molecule has 1 atom stereocenters. The Labute approximate surface area is 147 Å². The number of hydrogen-bond acceptors (Lipinski definition) is 5. The molecule has 0 bridgehead atoms. The molecule has 1 saturated carbocycles. The Balaban J connectivity index is 1.67. The van der Waals surface area contributed by atoms with Gasteiger partial charge < -0.3 is 15.2 Å². The normalized spacial score (nSPS) is 15.7. The van der Waals surface area contributed by atoms with Gasteiger partial charge in [0.2, 0.25) is 5.95 Å². The molecule has 0 aromatic carbocycles. The average Bonchev–Trinajstić information content (AvgIpc) is 3.14. The number of nitrogens with zero attached hydrogens (tertiary/aromatic N) is 5. The summed E-state index contributed by atoms with van der Waals surface area (Å²) in [6, 6.07) is 2.84. The lowest BCUT2D eigenvalue weighted by Gasteiger charge is -2.26. The lowest BCUT2D eigenvalue weighted by molar-refractivity contribution is 0.532. The van der Waals surface area contributed by atoms with Crippen molar-refractivity contribution in [3.63, 3.8) is 0 Å². The van der Waals surface area contributed by atoms with Crippen LogP contribution in [0.5, 0.6) is 0 Å². The standard InChI is InChI=1S/C18H25N7/c1-11(2)25-10-14(9-20-25)21-18-22-16-15(7-8-19-16)17(23-18)24(4)12(3)13-5-6-13/h7-13H,5-6H2,1-4H3,(H2,19,21,22,23)/t12-/m0/s1. The van der Waals surface area contributed by atoms with Gasteiger partial charge in [0.15, 0.2) is 0 Å². The topological polar surface area (TPSA) is 74.7 Å². The molecule has 3 aromatic rings. The Morgan fingerprint density at radius 2 is 2.08 bits per heavy atom. The summed E-state index contributed by atoms with van der Waals surface area (Å²) in [4.78, 5) is 14.9. The summed E-state index contributed by atoms with van der Waals surface area (Å²) in [7, 11) is 2.12. The van der Waals surface area contributed by atoms with Gasteiger partial charge in [0.05, 0.1) is 17.3 Å². The first-order valence-corrected chi connectivity index (χ1v) is 8.92. The summed E-state index contributed by atoms with van der Waals surface area (Å²) in [5.41, 5.74) is 1.74. The van der Waals surface area contributed by atoms with E-state index >= 15 is 0 Å². The fourth-order valence-corrected chi connectivity index (χ4v) is 3.15. The molecule has 132 valence electrons. The first-order chi connectivity index (χ1) is 12.0. The first kappa shape index (κ1) is 15.9. The summed E-state index contributed by atoms with van der Waals surface area (Å²) in [5.74, 6) is 2.32. The fraction of sp³-hybridized carbons (Fsp3) is 0.500. The number of aromatic nitrogens is 5. The summed E-state index contributed by atoms with van der Waals surface area (Å²) in [6.07, 6.45) is 8.32. The molecule has 0 unspecified atom stereocenters. The van der Waals surface area contributed by atoms with E-state index in [0.717, 1.165) is 28.5 Å². The number of hydrogen-bond donors (Lipinski definition) is 2. The van der Waals surface area contributed by atoms with Gasteiger partial charge >= 0.3 is 0 Å². The Hall–Kier alpha value is -2.57. The highest BCUT2D eigenvalue weighted by atomic mass is 15.3. The van der Waals surface area contributed by atoms with E-state index in [1.54, 1.807) is 6.20 Å². The fourth-order valence-electron chi connectivity index (χ4n) is 3.15. The largest absolute Gasteiger partial charge is 0.356 e. The Kier molecular flexibility index (Phi) is 3.86. The van der Waals surface area contributed by atoms with Crippen molar-refractivity contribution in [2.45, 2.75) is 45.7 Å². The van der Waals surface area contributed by atoms with Crippen molar-refractivity contribution < 1.29 is 0 Å². The van der Waals surface area contributed by atoms with E-state index in [1.165, 1.54) is 12.8 Å². The minimum Gasteiger partial charge on any atom is -0.356 e. The summed E-state index contributed by atoms with van der Waals surface area (Å²) < 4.78 is 1.91. The third kappa shape index (κ3) is 3.06. The monoisotopic (exact) mass is 339 g/mol. The third-order valence-corrected chi connectivity index (χ3v) is 5.03. The van der Waals surface area contributed by atoms with Crippen LogP contribution in [-0.2, 0) is 0 Å². The van der Waals surface area contributed by atoms with Crippen LogP contribution in [0.1, 0.15) is 39.7 Å². The van der Waals surface area contributed by atoms with Crippen molar-refractivity contribution in [2.75, 3.05) is 17.3 Å². The molecule has 0 aliphatic heterocycles. The maximum atomic E-state index is 4.80. The number of H-pyrrole nitrogens is 1. The Morgan fingerprint density at radius 1 is 1.28 bits per heavy atom. The molecule has 3 aromatic heterocycles. The van der Waals surface area contributed by atoms with Gasteiger partial charge in [-0.2, -0.15) is 15.1 Å². The molecule has 0 amide bonds. The summed E-state index contributed by atoms with van der Waals surface area (Å²) >= 11 is 0. The minimum atomic E-state index is 0.323. The van der Waals surface area contributed by atoms with Crippen LogP contribution >= 0.6 is 0 Å². The van der Waals surface area contributed by atoms with Gasteiger partial charge in [-0.1, -0.05) is 0 Å². The van der Waals surface area contributed by atoms with Gasteiger partial charge in [0, 0.05) is 31.5 Å². The van der Waals surface area contributed by atoms with Crippen LogP contribution in [0.15, 0.2) is 24.7 Å². The number of anilines is 3. The van der Waals surface area contributed by atoms with Gasteiger partial charge in [-0.3, -0.25) is 4.68 Å². The van der Waals surface area contributed by atoms with Crippen molar-refractivity contribution in [3.05, 3.63) is 24.7 Å². The zero-order valence-corrected chi connectivity index (χ0v) is 15.2. The predicted octanol–water partition coefficient (Wildman–Crippen LogP) is 3.71. The number of nitrogens with one attached hydrogen (secondary N) is 2. The second kappa shape index (κ2) is 6.06. The first-order valence-electron chi connectivity index (χ1n) is 8.92. The zero-order chi connectivity index (χ0) is 17.6. The highest BCUT2D eigenvalue weighted by Crippen LogP contribution is 2.37. The van der Waals surface area contributed by atoms with Crippen molar-refractivity contribution in [3.8, 4) is 0 Å². The highest BCUT2D eigenvalue weighted by Gasteiger charge is 2.32. The molecule has 1 fully saturated rings. The van der Waals surface area contributed by atoms with E-state index in [1.807, 2.05) is 23.1 Å². The summed E-state index contributed by atoms with van der Waals surface area (Å²) in [5, 5.41) is 8.70. The van der Waals surface area contributed by atoms with E-state index in [2.05, 4.69) is 53.1 Å². The number of fused-ring (bicyclic) bond motifs is 1. The molecular weight excluding hydrogens is 314 g/mol. The second-order valence-electron chi connectivity index (χ2n) is 7.23. The van der Waals surface area contributed by atoms with E-state index in [4.69, 9.17) is 4.98 Å². The average molecular weight is 339 g/mol. The number of rotatable bonds is 6. The molecule has 7 nitrogen and oxygen atoms in total. The van der Waals surface area contributed by atoms with Crippen molar-refractivity contribution in [1.82, 2.24) is 24.7 Å². The zero-order valence-electron chi connectivity index (χ0n) is 15.2.